The summed E-state index contributed by atoms with van der Waals surface area (Å²) in [6.45, 7) is 0. The standard InChI is InChI=1S/C19H14N2O.C13H9NOS.Be/c22-18-13-7-4-10-15(18)19-20-16-11-5-6-12-17(16)21(19)14-8-2-1-3-9-14;15-11-7-3-1-5-9(11)13-14-10-6-2-4-8-12(10)16-13;/h1-13,22H;1-8,15H;/q;;+2. The summed E-state index contributed by atoms with van der Waals surface area (Å²) in [6.07, 6.45) is 0. The molecule has 0 aliphatic carbocycles. The van der Waals surface area contributed by atoms with Gasteiger partial charge in [-0.05, 0) is 42.5 Å². The van der Waals surface area contributed by atoms with Gasteiger partial charge in [0.1, 0.15) is 10.4 Å². The fourth-order valence-electron chi connectivity index (χ4n) is 4.47. The Morgan fingerprint density at radius 3 is 1.79 bits per heavy atom. The Hall–Kier alpha value is -4.77. The molecule has 0 unspecified atom stereocenters. The maximum atomic E-state index is 12.2. The molecule has 2 heterocycles. The molecule has 0 saturated heterocycles. The maximum Gasteiger partial charge on any atom is 2.00 e. The van der Waals surface area contributed by atoms with Crippen LogP contribution in [0.3, 0.4) is 0 Å². The van der Waals surface area contributed by atoms with Gasteiger partial charge in [0, 0.05) is 11.6 Å². The van der Waals surface area contributed by atoms with Gasteiger partial charge in [0.25, 0.3) is 10.8 Å². The SMILES string of the molecule is [Be+2].[O-]c1ccccc1-c1[nH+]c2ccccc2n1-c1ccccc1.[O-]c1ccccc1-c1[nH+]c2ccccc2s1. The molecule has 0 atom stereocenters. The van der Waals surface area contributed by atoms with Crippen molar-refractivity contribution in [2.45, 2.75) is 0 Å². The quantitative estimate of drug-likeness (QED) is 0.297. The molecular formula is C32H23BeN3O2S+2. The van der Waals surface area contributed by atoms with Crippen molar-refractivity contribution >= 4 is 42.7 Å². The number of benzene rings is 5. The van der Waals surface area contributed by atoms with E-state index in [4.69, 9.17) is 0 Å². The van der Waals surface area contributed by atoms with Crippen LogP contribution in [0.1, 0.15) is 0 Å². The van der Waals surface area contributed by atoms with E-state index in [1.165, 1.54) is 4.70 Å². The van der Waals surface area contributed by atoms with Gasteiger partial charge in [-0.25, -0.2) is 4.98 Å². The molecule has 5 aromatic carbocycles. The Kier molecular flexibility index (Phi) is 7.50. The zero-order valence-electron chi connectivity index (χ0n) is 21.0. The molecule has 2 N–H and O–H groups in total. The molecule has 0 aliphatic heterocycles. The van der Waals surface area contributed by atoms with Crippen LogP contribution < -0.4 is 20.2 Å². The van der Waals surface area contributed by atoms with Gasteiger partial charge < -0.3 is 10.2 Å². The molecule has 39 heavy (non-hydrogen) atoms. The molecule has 7 rings (SSSR count). The third-order valence-electron chi connectivity index (χ3n) is 6.26. The third-order valence-corrected chi connectivity index (χ3v) is 7.36. The normalized spacial score (nSPS) is 10.6. The molecule has 184 valence electrons. The number of imidazole rings is 1. The van der Waals surface area contributed by atoms with Crippen LogP contribution in [0.25, 0.3) is 48.9 Å². The van der Waals surface area contributed by atoms with Crippen LogP contribution >= 0.6 is 11.3 Å². The largest absolute Gasteiger partial charge is 2.00 e. The number of H-pyrrole nitrogens is 2. The summed E-state index contributed by atoms with van der Waals surface area (Å²) in [6, 6.07) is 40.4. The first-order valence-corrected chi connectivity index (χ1v) is 13.0. The van der Waals surface area contributed by atoms with Crippen molar-refractivity contribution in [2.24, 2.45) is 0 Å². The van der Waals surface area contributed by atoms with Crippen molar-refractivity contribution in [3.05, 3.63) is 127 Å². The van der Waals surface area contributed by atoms with Crippen LogP contribution in [0.4, 0.5) is 0 Å². The topological polar surface area (TPSA) is 79.3 Å². The van der Waals surface area contributed by atoms with Gasteiger partial charge >= 0.3 is 10.1 Å². The first kappa shape index (κ1) is 25.9. The molecule has 5 nitrogen and oxygen atoms in total. The van der Waals surface area contributed by atoms with E-state index in [2.05, 4.69) is 20.6 Å². The molecule has 0 amide bonds. The second kappa shape index (κ2) is 11.3. The molecule has 0 bridgehead atoms. The molecule has 7 heteroatoms. The van der Waals surface area contributed by atoms with E-state index in [9.17, 15) is 10.2 Å². The first-order valence-electron chi connectivity index (χ1n) is 12.2. The number of aromatic amines is 2. The fraction of sp³-hybridized carbons (Fsp3) is 0. The number of rotatable bonds is 3. The summed E-state index contributed by atoms with van der Waals surface area (Å²) in [4.78, 5) is 6.65. The minimum atomic E-state index is 0. The predicted octanol–water partition coefficient (Wildman–Crippen LogP) is 5.26. The summed E-state index contributed by atoms with van der Waals surface area (Å²) in [5, 5.41) is 24.9. The van der Waals surface area contributed by atoms with E-state index >= 15 is 0 Å². The molecule has 2 aromatic heterocycles. The van der Waals surface area contributed by atoms with Gasteiger partial charge in [-0.1, -0.05) is 102 Å². The smallest absolute Gasteiger partial charge is 0.872 e. The Balaban J connectivity index is 0.000000161. The Morgan fingerprint density at radius 2 is 1.10 bits per heavy atom. The maximum absolute atomic E-state index is 12.2. The summed E-state index contributed by atoms with van der Waals surface area (Å²) in [5.41, 5.74) is 5.56. The molecule has 7 aromatic rings. The monoisotopic (exact) mass is 522 g/mol. The van der Waals surface area contributed by atoms with Gasteiger partial charge in [-0.3, -0.25) is 0 Å². The second-order valence-corrected chi connectivity index (χ2v) is 9.76. The van der Waals surface area contributed by atoms with Crippen molar-refractivity contribution in [1.29, 1.82) is 0 Å². The Bertz CT molecular complexity index is 1830. The first-order chi connectivity index (χ1) is 18.7. The zero-order valence-corrected chi connectivity index (χ0v) is 21.8. The van der Waals surface area contributed by atoms with Gasteiger partial charge in [-0.2, -0.15) is 9.55 Å². The summed E-state index contributed by atoms with van der Waals surface area (Å²) < 4.78 is 3.26. The minimum absolute atomic E-state index is 0. The Labute approximate surface area is 233 Å². The van der Waals surface area contributed by atoms with Crippen LogP contribution in [0.5, 0.6) is 11.5 Å². The van der Waals surface area contributed by atoms with E-state index in [0.29, 0.717) is 5.56 Å². The van der Waals surface area contributed by atoms with Crippen LogP contribution in [0.2, 0.25) is 0 Å². The third kappa shape index (κ3) is 5.16. The van der Waals surface area contributed by atoms with Crippen molar-refractivity contribution < 1.29 is 20.2 Å². The molecule has 0 saturated carbocycles. The number of aromatic nitrogens is 3. The van der Waals surface area contributed by atoms with Gasteiger partial charge in [-0.15, -0.1) is 0 Å². The minimum Gasteiger partial charge on any atom is -0.872 e. The van der Waals surface area contributed by atoms with Crippen molar-refractivity contribution in [2.75, 3.05) is 0 Å². The van der Waals surface area contributed by atoms with Gasteiger partial charge in [0.2, 0.25) is 5.52 Å². The summed E-state index contributed by atoms with van der Waals surface area (Å²) in [7, 11) is 0. The van der Waals surface area contributed by atoms with Crippen LogP contribution in [0, 0.1) is 0 Å². The van der Waals surface area contributed by atoms with Crippen LogP contribution in [-0.2, 0) is 0 Å². The van der Waals surface area contributed by atoms with Gasteiger partial charge in [0.05, 0.1) is 5.56 Å². The molecule has 0 spiro atoms. The molecule has 0 fully saturated rings. The molecule has 0 aliphatic rings. The van der Waals surface area contributed by atoms with Crippen LogP contribution in [-0.4, -0.2) is 14.7 Å². The van der Waals surface area contributed by atoms with Crippen molar-refractivity contribution in [3.8, 4) is 39.1 Å². The van der Waals surface area contributed by atoms with E-state index in [1.807, 2.05) is 97.1 Å². The predicted molar refractivity (Wildman–Crippen MR) is 154 cm³/mol. The second-order valence-electron chi connectivity index (χ2n) is 8.71. The van der Waals surface area contributed by atoms with Crippen molar-refractivity contribution in [3.63, 3.8) is 0 Å². The Morgan fingerprint density at radius 1 is 0.538 bits per heavy atom. The number of thiazole rings is 1. The molecule has 0 radical (unpaired) electrons. The van der Waals surface area contributed by atoms with Crippen LogP contribution in [0.15, 0.2) is 127 Å². The zero-order chi connectivity index (χ0) is 25.9. The van der Waals surface area contributed by atoms with Gasteiger partial charge in [0.15, 0.2) is 11.0 Å². The number of hydrogen-bond acceptors (Lipinski definition) is 3. The summed E-state index contributed by atoms with van der Waals surface area (Å²) in [5.74, 6) is 0.877. The average molecular weight is 523 g/mol. The van der Waals surface area contributed by atoms with E-state index < -0.39 is 0 Å². The number of nitrogens with zero attached hydrogens (tertiary/aromatic N) is 1. The fourth-order valence-corrected chi connectivity index (χ4v) is 5.50. The number of hydrogen-bond donors (Lipinski definition) is 0. The van der Waals surface area contributed by atoms with E-state index in [-0.39, 0.29) is 21.6 Å². The van der Waals surface area contributed by atoms with E-state index in [1.54, 1.807) is 35.6 Å². The number of para-hydroxylation sites is 6. The number of fused-ring (bicyclic) bond motifs is 2. The van der Waals surface area contributed by atoms with E-state index in [0.717, 1.165) is 38.6 Å². The average Bonchev–Trinajstić information content (AvgIpc) is 3.56. The summed E-state index contributed by atoms with van der Waals surface area (Å²) >= 11 is 1.61. The number of nitrogens with one attached hydrogen (secondary N) is 2. The van der Waals surface area contributed by atoms with Crippen molar-refractivity contribution in [1.82, 2.24) is 4.57 Å². The molecular weight excluding hydrogens is 499 g/mol.